The van der Waals surface area contributed by atoms with Crippen molar-refractivity contribution in [2.24, 2.45) is 0 Å². The van der Waals surface area contributed by atoms with Gasteiger partial charge in [-0.2, -0.15) is 8.42 Å². The Morgan fingerprint density at radius 3 is 2.39 bits per heavy atom. The monoisotopic (exact) mass is 291 g/mol. The number of piperidine rings is 1. The summed E-state index contributed by atoms with van der Waals surface area (Å²) >= 11 is 5.72. The Bertz CT molecular complexity index is 498. The lowest BCUT2D eigenvalue weighted by Crippen LogP contribution is -2.38. The van der Waals surface area contributed by atoms with Gasteiger partial charge in [-0.25, -0.2) is 9.97 Å². The highest BCUT2D eigenvalue weighted by Gasteiger charge is 2.24. The second-order valence-electron chi connectivity index (χ2n) is 4.19. The van der Waals surface area contributed by atoms with E-state index in [1.807, 2.05) is 4.90 Å². The van der Waals surface area contributed by atoms with Crippen molar-refractivity contribution in [2.75, 3.05) is 24.2 Å². The molecular weight excluding hydrogens is 278 g/mol. The van der Waals surface area contributed by atoms with Gasteiger partial charge in [-0.15, -0.1) is 0 Å². The van der Waals surface area contributed by atoms with Gasteiger partial charge in [-0.1, -0.05) is 11.6 Å². The first-order chi connectivity index (χ1) is 8.44. The van der Waals surface area contributed by atoms with E-state index in [1.165, 1.54) is 0 Å². The highest BCUT2D eigenvalue weighted by Crippen LogP contribution is 2.19. The molecule has 0 aromatic carbocycles. The molecule has 2 heterocycles. The average molecular weight is 292 g/mol. The first kappa shape index (κ1) is 13.5. The van der Waals surface area contributed by atoms with Crippen LogP contribution in [-0.2, 0) is 14.3 Å². The Morgan fingerprint density at radius 2 is 1.89 bits per heavy atom. The number of hydrogen-bond acceptors (Lipinski definition) is 6. The third kappa shape index (κ3) is 3.79. The van der Waals surface area contributed by atoms with Crippen LogP contribution in [0, 0.1) is 0 Å². The van der Waals surface area contributed by atoms with E-state index >= 15 is 0 Å². The van der Waals surface area contributed by atoms with E-state index in [2.05, 4.69) is 9.97 Å². The molecule has 1 fully saturated rings. The van der Waals surface area contributed by atoms with Crippen molar-refractivity contribution in [1.82, 2.24) is 9.97 Å². The Hall–Kier alpha value is -0.920. The van der Waals surface area contributed by atoms with Gasteiger partial charge in [-0.3, -0.25) is 4.18 Å². The van der Waals surface area contributed by atoms with Gasteiger partial charge in [0, 0.05) is 13.1 Å². The zero-order chi connectivity index (χ0) is 13.2. The molecule has 1 aliphatic heterocycles. The minimum Gasteiger partial charge on any atom is -0.341 e. The van der Waals surface area contributed by atoms with Crippen LogP contribution in [0.2, 0.25) is 5.02 Å². The summed E-state index contributed by atoms with van der Waals surface area (Å²) in [5, 5.41) is 0.494. The van der Waals surface area contributed by atoms with E-state index in [4.69, 9.17) is 15.8 Å². The van der Waals surface area contributed by atoms with E-state index < -0.39 is 10.1 Å². The van der Waals surface area contributed by atoms with Crippen molar-refractivity contribution in [2.45, 2.75) is 18.9 Å². The summed E-state index contributed by atoms with van der Waals surface area (Å²) in [4.78, 5) is 10.2. The van der Waals surface area contributed by atoms with Crippen LogP contribution >= 0.6 is 11.6 Å². The average Bonchev–Trinajstić information content (AvgIpc) is 2.29. The van der Waals surface area contributed by atoms with Crippen molar-refractivity contribution in [3.8, 4) is 0 Å². The van der Waals surface area contributed by atoms with Crippen molar-refractivity contribution < 1.29 is 12.6 Å². The highest BCUT2D eigenvalue weighted by molar-refractivity contribution is 7.86. The van der Waals surface area contributed by atoms with Crippen LogP contribution in [0.4, 0.5) is 5.95 Å². The number of nitrogens with zero attached hydrogens (tertiary/aromatic N) is 3. The molecule has 1 aromatic rings. The Morgan fingerprint density at radius 1 is 1.33 bits per heavy atom. The smallest absolute Gasteiger partial charge is 0.264 e. The first-order valence-corrected chi connectivity index (χ1v) is 7.74. The van der Waals surface area contributed by atoms with Crippen molar-refractivity contribution in [3.05, 3.63) is 17.4 Å². The number of anilines is 1. The molecule has 0 bridgehead atoms. The summed E-state index contributed by atoms with van der Waals surface area (Å²) in [5.41, 5.74) is 0. The summed E-state index contributed by atoms with van der Waals surface area (Å²) in [5.74, 6) is 0.609. The minimum atomic E-state index is -3.38. The van der Waals surface area contributed by atoms with E-state index in [0.717, 1.165) is 6.26 Å². The number of halogens is 1. The summed E-state index contributed by atoms with van der Waals surface area (Å²) in [6.07, 6.45) is 5.19. The minimum absolute atomic E-state index is 0.247. The SMILES string of the molecule is CS(=O)(=O)OC1CCN(c2ncc(Cl)cn2)CC1. The maximum Gasteiger partial charge on any atom is 0.264 e. The van der Waals surface area contributed by atoms with Gasteiger partial charge in [0.05, 0.1) is 29.8 Å². The second kappa shape index (κ2) is 5.38. The topological polar surface area (TPSA) is 72.4 Å². The molecule has 0 aliphatic carbocycles. The fourth-order valence-electron chi connectivity index (χ4n) is 1.87. The number of aromatic nitrogens is 2. The predicted molar refractivity (Wildman–Crippen MR) is 68.2 cm³/mol. The Balaban J connectivity index is 1.92. The molecule has 6 nitrogen and oxygen atoms in total. The molecule has 18 heavy (non-hydrogen) atoms. The molecule has 0 saturated carbocycles. The van der Waals surface area contributed by atoms with E-state index in [9.17, 15) is 8.42 Å². The molecule has 0 amide bonds. The molecule has 1 saturated heterocycles. The maximum atomic E-state index is 11.0. The van der Waals surface area contributed by atoms with Gasteiger partial charge in [-0.05, 0) is 12.8 Å². The van der Waals surface area contributed by atoms with Crippen LogP contribution in [0.5, 0.6) is 0 Å². The Kier molecular flexibility index (Phi) is 4.04. The lowest BCUT2D eigenvalue weighted by atomic mass is 10.1. The molecule has 0 unspecified atom stereocenters. The van der Waals surface area contributed by atoms with Gasteiger partial charge in [0.2, 0.25) is 5.95 Å². The molecule has 8 heteroatoms. The summed E-state index contributed by atoms with van der Waals surface area (Å²) < 4.78 is 27.0. The molecule has 100 valence electrons. The quantitative estimate of drug-likeness (QED) is 0.776. The first-order valence-electron chi connectivity index (χ1n) is 5.55. The molecule has 1 aromatic heterocycles. The fourth-order valence-corrected chi connectivity index (χ4v) is 2.65. The molecule has 2 rings (SSSR count). The molecule has 0 atom stereocenters. The van der Waals surface area contributed by atoms with Crippen LogP contribution in [0.25, 0.3) is 0 Å². The van der Waals surface area contributed by atoms with Gasteiger partial charge in [0.1, 0.15) is 0 Å². The number of rotatable bonds is 3. The third-order valence-electron chi connectivity index (χ3n) is 2.64. The zero-order valence-electron chi connectivity index (χ0n) is 9.91. The van der Waals surface area contributed by atoms with Crippen molar-refractivity contribution in [1.29, 1.82) is 0 Å². The zero-order valence-corrected chi connectivity index (χ0v) is 11.5. The molecule has 1 aliphatic rings. The van der Waals surface area contributed by atoms with E-state index in [-0.39, 0.29) is 6.10 Å². The van der Waals surface area contributed by atoms with Crippen LogP contribution in [0.15, 0.2) is 12.4 Å². The van der Waals surface area contributed by atoms with Crippen molar-refractivity contribution >= 4 is 27.7 Å². The van der Waals surface area contributed by atoms with Gasteiger partial charge in [0.15, 0.2) is 0 Å². The Labute approximate surface area is 111 Å². The molecular formula is C10H14ClN3O3S. The van der Waals surface area contributed by atoms with Gasteiger partial charge >= 0.3 is 0 Å². The van der Waals surface area contributed by atoms with Gasteiger partial charge in [0.25, 0.3) is 10.1 Å². The van der Waals surface area contributed by atoms with Gasteiger partial charge < -0.3 is 4.90 Å². The maximum absolute atomic E-state index is 11.0. The van der Waals surface area contributed by atoms with E-state index in [0.29, 0.717) is 36.9 Å². The lowest BCUT2D eigenvalue weighted by molar-refractivity contribution is 0.179. The second-order valence-corrected chi connectivity index (χ2v) is 6.23. The molecule has 0 radical (unpaired) electrons. The standard InChI is InChI=1S/C10H14ClN3O3S/c1-18(15,16)17-9-2-4-14(5-3-9)10-12-6-8(11)7-13-10/h6-7,9H,2-5H2,1H3. The van der Waals surface area contributed by atoms with Crippen LogP contribution in [-0.4, -0.2) is 43.8 Å². The largest absolute Gasteiger partial charge is 0.341 e. The van der Waals surface area contributed by atoms with Crippen LogP contribution in [0.1, 0.15) is 12.8 Å². The summed E-state index contributed by atoms with van der Waals surface area (Å²) in [7, 11) is -3.38. The van der Waals surface area contributed by atoms with E-state index in [1.54, 1.807) is 12.4 Å². The number of hydrogen-bond donors (Lipinski definition) is 0. The third-order valence-corrected chi connectivity index (χ3v) is 3.46. The normalized spacial score (nSPS) is 18.0. The molecule has 0 spiro atoms. The van der Waals surface area contributed by atoms with Crippen molar-refractivity contribution in [3.63, 3.8) is 0 Å². The summed E-state index contributed by atoms with van der Waals surface area (Å²) in [6, 6.07) is 0. The summed E-state index contributed by atoms with van der Waals surface area (Å²) in [6.45, 7) is 1.34. The lowest BCUT2D eigenvalue weighted by Gasteiger charge is -2.31. The van der Waals surface area contributed by atoms with Crippen LogP contribution in [0.3, 0.4) is 0 Å². The fraction of sp³-hybridized carbons (Fsp3) is 0.600. The van der Waals surface area contributed by atoms with Crippen LogP contribution < -0.4 is 4.90 Å². The predicted octanol–water partition coefficient (Wildman–Crippen LogP) is 1.08. The highest BCUT2D eigenvalue weighted by atomic mass is 35.5. The molecule has 0 N–H and O–H groups in total.